The van der Waals surface area contributed by atoms with Crippen molar-refractivity contribution in [3.05, 3.63) is 0 Å². The number of nitrogens with one attached hydrogen (secondary N) is 1. The van der Waals surface area contributed by atoms with Gasteiger partial charge in [0.2, 0.25) is 0 Å². The van der Waals surface area contributed by atoms with Crippen LogP contribution in [0.2, 0.25) is 0 Å². The molecule has 1 aliphatic heterocycles. The van der Waals surface area contributed by atoms with Crippen molar-refractivity contribution in [3.63, 3.8) is 0 Å². The maximum absolute atomic E-state index is 6.09. The number of morpholine rings is 1. The van der Waals surface area contributed by atoms with Crippen LogP contribution in [-0.4, -0.2) is 56.2 Å². The van der Waals surface area contributed by atoms with Crippen LogP contribution in [0.15, 0.2) is 0 Å². The average Bonchev–Trinajstić information content (AvgIpc) is 2.64. The maximum Gasteiger partial charge on any atom is 0.0826 e. The minimum atomic E-state index is 0.368. The van der Waals surface area contributed by atoms with Gasteiger partial charge in [0.05, 0.1) is 12.7 Å². The van der Waals surface area contributed by atoms with Gasteiger partial charge in [-0.2, -0.15) is 0 Å². The van der Waals surface area contributed by atoms with E-state index in [0.29, 0.717) is 11.5 Å². The molecule has 0 aromatic rings. The van der Waals surface area contributed by atoms with Crippen molar-refractivity contribution in [3.8, 4) is 0 Å². The molecule has 2 rings (SSSR count). The fourth-order valence-electron chi connectivity index (χ4n) is 2.64. The van der Waals surface area contributed by atoms with Crippen LogP contribution in [-0.2, 0) is 4.74 Å². The predicted molar refractivity (Wildman–Crippen MR) is 67.1 cm³/mol. The molecule has 1 heterocycles. The summed E-state index contributed by atoms with van der Waals surface area (Å²) in [6.07, 6.45) is 4.02. The lowest BCUT2D eigenvalue weighted by atomic mass is 10.1. The topological polar surface area (TPSA) is 24.5 Å². The van der Waals surface area contributed by atoms with E-state index in [2.05, 4.69) is 17.3 Å². The highest BCUT2D eigenvalue weighted by Gasteiger charge is 2.23. The third kappa shape index (κ3) is 3.88. The number of alkyl halides is 1. The third-order valence-corrected chi connectivity index (χ3v) is 4.02. The molecule has 3 atom stereocenters. The molecule has 3 nitrogen and oxygen atoms in total. The van der Waals surface area contributed by atoms with Crippen molar-refractivity contribution in [2.45, 2.75) is 30.7 Å². The van der Waals surface area contributed by atoms with Crippen LogP contribution < -0.4 is 5.32 Å². The molecular formula is C12H23ClN2O. The second-order valence-electron chi connectivity index (χ2n) is 5.19. The Morgan fingerprint density at radius 3 is 2.94 bits per heavy atom. The highest BCUT2D eigenvalue weighted by atomic mass is 35.5. The molecule has 3 unspecified atom stereocenters. The lowest BCUT2D eigenvalue weighted by molar-refractivity contribution is -0.0183. The Balaban J connectivity index is 1.57. The monoisotopic (exact) mass is 246 g/mol. The summed E-state index contributed by atoms with van der Waals surface area (Å²) in [5, 5.41) is 3.95. The molecule has 94 valence electrons. The summed E-state index contributed by atoms with van der Waals surface area (Å²) in [6.45, 7) is 5.07. The van der Waals surface area contributed by atoms with Gasteiger partial charge in [-0.3, -0.25) is 0 Å². The standard InChI is InChI=1S/C12H23ClN2O/c1-15-4-5-16-12(9-15)8-14-7-10-2-3-11(13)6-10/h10-12,14H,2-9H2,1H3. The van der Waals surface area contributed by atoms with Crippen LogP contribution in [0.25, 0.3) is 0 Å². The van der Waals surface area contributed by atoms with E-state index in [1.807, 2.05) is 0 Å². The van der Waals surface area contributed by atoms with Gasteiger partial charge in [0.15, 0.2) is 0 Å². The molecule has 16 heavy (non-hydrogen) atoms. The number of likely N-dealkylation sites (N-methyl/N-ethyl adjacent to an activating group) is 1. The highest BCUT2D eigenvalue weighted by molar-refractivity contribution is 6.20. The number of hydrogen-bond donors (Lipinski definition) is 1. The van der Waals surface area contributed by atoms with E-state index < -0.39 is 0 Å². The normalized spacial score (nSPS) is 36.8. The van der Waals surface area contributed by atoms with Gasteiger partial charge in [-0.1, -0.05) is 0 Å². The van der Waals surface area contributed by atoms with E-state index in [0.717, 1.165) is 38.7 Å². The summed E-state index contributed by atoms with van der Waals surface area (Å²) < 4.78 is 5.70. The van der Waals surface area contributed by atoms with Crippen LogP contribution in [0, 0.1) is 5.92 Å². The number of rotatable bonds is 4. The molecule has 1 aliphatic carbocycles. The summed E-state index contributed by atoms with van der Waals surface area (Å²) in [6, 6.07) is 0. The number of hydrogen-bond acceptors (Lipinski definition) is 3. The van der Waals surface area contributed by atoms with Gasteiger partial charge in [-0.25, -0.2) is 0 Å². The predicted octanol–water partition coefficient (Wildman–Crippen LogP) is 1.31. The van der Waals surface area contributed by atoms with Crippen LogP contribution in [0.4, 0.5) is 0 Å². The van der Waals surface area contributed by atoms with E-state index >= 15 is 0 Å². The van der Waals surface area contributed by atoms with E-state index in [9.17, 15) is 0 Å². The average molecular weight is 247 g/mol. The first-order chi connectivity index (χ1) is 7.74. The Morgan fingerprint density at radius 2 is 2.25 bits per heavy atom. The Hall–Kier alpha value is 0.170. The molecule has 0 spiro atoms. The van der Waals surface area contributed by atoms with Crippen LogP contribution in [0.5, 0.6) is 0 Å². The molecule has 0 radical (unpaired) electrons. The Kier molecular flexibility index (Phi) is 4.89. The van der Waals surface area contributed by atoms with Gasteiger partial charge < -0.3 is 15.0 Å². The van der Waals surface area contributed by atoms with Gasteiger partial charge in [-0.05, 0) is 38.8 Å². The first kappa shape index (κ1) is 12.6. The van der Waals surface area contributed by atoms with E-state index in [1.165, 1.54) is 19.3 Å². The molecule has 0 aromatic heterocycles. The second-order valence-corrected chi connectivity index (χ2v) is 5.81. The van der Waals surface area contributed by atoms with Crippen molar-refractivity contribution in [2.24, 2.45) is 5.92 Å². The molecule has 0 bridgehead atoms. The summed E-state index contributed by atoms with van der Waals surface area (Å²) >= 11 is 6.09. The Labute approximate surface area is 103 Å². The van der Waals surface area contributed by atoms with E-state index in [4.69, 9.17) is 16.3 Å². The van der Waals surface area contributed by atoms with Gasteiger partial charge in [0.25, 0.3) is 0 Å². The first-order valence-electron chi connectivity index (χ1n) is 6.39. The van der Waals surface area contributed by atoms with Crippen molar-refractivity contribution in [1.29, 1.82) is 0 Å². The quantitative estimate of drug-likeness (QED) is 0.758. The smallest absolute Gasteiger partial charge is 0.0826 e. The minimum Gasteiger partial charge on any atom is -0.374 e. The molecule has 0 amide bonds. The summed E-state index contributed by atoms with van der Waals surface area (Å²) in [4.78, 5) is 2.33. The lowest BCUT2D eigenvalue weighted by Crippen LogP contribution is -2.45. The first-order valence-corrected chi connectivity index (χ1v) is 6.82. The second kappa shape index (κ2) is 6.20. The SMILES string of the molecule is CN1CCOC(CNCC2CCC(Cl)C2)C1. The molecule has 0 aromatic carbocycles. The van der Waals surface area contributed by atoms with Crippen LogP contribution in [0.3, 0.4) is 0 Å². The fraction of sp³-hybridized carbons (Fsp3) is 1.00. The van der Waals surface area contributed by atoms with E-state index in [1.54, 1.807) is 0 Å². The van der Waals surface area contributed by atoms with Gasteiger partial charge >= 0.3 is 0 Å². The van der Waals surface area contributed by atoms with Crippen molar-refractivity contribution < 1.29 is 4.74 Å². The number of ether oxygens (including phenoxy) is 1. The molecule has 1 saturated heterocycles. The lowest BCUT2D eigenvalue weighted by Gasteiger charge is -2.30. The highest BCUT2D eigenvalue weighted by Crippen LogP contribution is 2.28. The number of nitrogens with zero attached hydrogens (tertiary/aromatic N) is 1. The zero-order valence-corrected chi connectivity index (χ0v) is 10.9. The van der Waals surface area contributed by atoms with Gasteiger partial charge in [-0.15, -0.1) is 11.6 Å². The third-order valence-electron chi connectivity index (χ3n) is 3.62. The molecular weight excluding hydrogens is 224 g/mol. The van der Waals surface area contributed by atoms with E-state index in [-0.39, 0.29) is 0 Å². The zero-order chi connectivity index (χ0) is 11.4. The van der Waals surface area contributed by atoms with Gasteiger partial charge in [0.1, 0.15) is 0 Å². The maximum atomic E-state index is 6.09. The van der Waals surface area contributed by atoms with Crippen LogP contribution >= 0.6 is 11.6 Å². The molecule has 2 fully saturated rings. The minimum absolute atomic E-state index is 0.368. The Morgan fingerprint density at radius 1 is 1.38 bits per heavy atom. The summed E-state index contributed by atoms with van der Waals surface area (Å²) in [5.74, 6) is 0.781. The molecule has 4 heteroatoms. The molecule has 2 aliphatic rings. The van der Waals surface area contributed by atoms with Crippen molar-refractivity contribution in [1.82, 2.24) is 10.2 Å². The zero-order valence-electron chi connectivity index (χ0n) is 10.1. The number of halogens is 1. The largest absolute Gasteiger partial charge is 0.374 e. The Bertz CT molecular complexity index is 215. The van der Waals surface area contributed by atoms with Crippen molar-refractivity contribution in [2.75, 3.05) is 39.8 Å². The van der Waals surface area contributed by atoms with Gasteiger partial charge in [0, 0.05) is 25.0 Å². The molecule has 1 N–H and O–H groups in total. The molecule has 1 saturated carbocycles. The fourth-order valence-corrected chi connectivity index (χ4v) is 3.02. The summed E-state index contributed by atoms with van der Waals surface area (Å²) in [5.41, 5.74) is 0. The summed E-state index contributed by atoms with van der Waals surface area (Å²) in [7, 11) is 2.16. The van der Waals surface area contributed by atoms with Crippen LogP contribution in [0.1, 0.15) is 19.3 Å². The van der Waals surface area contributed by atoms with Crippen molar-refractivity contribution >= 4 is 11.6 Å².